The fourth-order valence-corrected chi connectivity index (χ4v) is 3.30. The summed E-state index contributed by atoms with van der Waals surface area (Å²) in [5.41, 5.74) is 2.73. The van der Waals surface area contributed by atoms with Gasteiger partial charge in [0.05, 0.1) is 14.2 Å². The van der Waals surface area contributed by atoms with Crippen molar-refractivity contribution in [1.29, 1.82) is 0 Å². The molecule has 156 valence electrons. The van der Waals surface area contributed by atoms with Crippen molar-refractivity contribution in [2.24, 2.45) is 0 Å². The molecule has 0 radical (unpaired) electrons. The van der Waals surface area contributed by atoms with Gasteiger partial charge in [0, 0.05) is 24.9 Å². The first-order valence-corrected chi connectivity index (χ1v) is 10.6. The number of carbonyl (C=O) groups is 1. The van der Waals surface area contributed by atoms with Crippen LogP contribution in [-0.4, -0.2) is 35.1 Å². The van der Waals surface area contributed by atoms with Crippen LogP contribution < -0.4 is 19.5 Å². The maximum Gasteiger partial charge on any atom is 0.233 e. The topological polar surface area (TPSA) is 93.7 Å². The normalized spacial score (nSPS) is 11.4. The number of methoxy groups -OCH3 is 2. The molecule has 2 aromatic rings. The molecule has 0 saturated heterocycles. The van der Waals surface area contributed by atoms with Crippen molar-refractivity contribution in [2.75, 3.05) is 20.8 Å². The van der Waals surface area contributed by atoms with Gasteiger partial charge in [0.1, 0.15) is 0 Å². The molecule has 2 aromatic carbocycles. The summed E-state index contributed by atoms with van der Waals surface area (Å²) in [6.45, 7) is 2.28. The monoisotopic (exact) mass is 418 g/mol. The molecule has 0 aliphatic rings. The number of nitrogens with one attached hydrogen (secondary N) is 2. The predicted molar refractivity (Wildman–Crippen MR) is 113 cm³/mol. The summed E-state index contributed by atoms with van der Waals surface area (Å²) in [7, 11) is -0.517. The van der Waals surface area contributed by atoms with Crippen molar-refractivity contribution in [3.05, 3.63) is 64.6 Å². The summed E-state index contributed by atoms with van der Waals surface area (Å²) in [5.74, 6) is 0.924. The maximum atomic E-state index is 12.0. The third kappa shape index (κ3) is 7.59. The Morgan fingerprint density at radius 3 is 2.38 bits per heavy atom. The molecule has 0 aromatic heterocycles. The fourth-order valence-electron chi connectivity index (χ4n) is 2.48. The van der Waals surface area contributed by atoms with E-state index in [1.54, 1.807) is 26.4 Å². The maximum absolute atomic E-state index is 12.0. The van der Waals surface area contributed by atoms with Gasteiger partial charge in [-0.3, -0.25) is 4.79 Å². The van der Waals surface area contributed by atoms with E-state index in [4.69, 9.17) is 9.47 Å². The number of hydrogen-bond acceptors (Lipinski definition) is 5. The first-order valence-electron chi connectivity index (χ1n) is 9.05. The lowest BCUT2D eigenvalue weighted by atomic mass is 10.2. The first-order chi connectivity index (χ1) is 13.8. The molecule has 0 bridgehead atoms. The number of aryl methyl sites for hydroxylation is 1. The quantitative estimate of drug-likeness (QED) is 0.619. The van der Waals surface area contributed by atoms with Crippen LogP contribution in [0.15, 0.2) is 47.9 Å². The molecule has 7 nitrogen and oxygen atoms in total. The van der Waals surface area contributed by atoms with Crippen LogP contribution in [0.5, 0.6) is 11.5 Å². The molecular weight excluding hydrogens is 392 g/mol. The predicted octanol–water partition coefficient (Wildman–Crippen LogP) is 2.61. The van der Waals surface area contributed by atoms with Crippen molar-refractivity contribution in [3.8, 4) is 11.5 Å². The van der Waals surface area contributed by atoms with Gasteiger partial charge in [-0.15, -0.1) is 0 Å². The zero-order valence-electron chi connectivity index (χ0n) is 16.8. The molecule has 0 heterocycles. The molecule has 1 amide bonds. The Hall–Kier alpha value is -2.84. The summed E-state index contributed by atoms with van der Waals surface area (Å²) in [4.78, 5) is 12.0. The third-order valence-electron chi connectivity index (χ3n) is 4.11. The Morgan fingerprint density at radius 1 is 1.03 bits per heavy atom. The van der Waals surface area contributed by atoms with E-state index in [9.17, 15) is 13.2 Å². The summed E-state index contributed by atoms with van der Waals surface area (Å²) in [6, 6.07) is 12.8. The van der Waals surface area contributed by atoms with E-state index < -0.39 is 10.0 Å². The molecule has 2 rings (SSSR count). The molecule has 0 saturated carbocycles. The smallest absolute Gasteiger partial charge is 0.233 e. The second kappa shape index (κ2) is 10.6. The number of amides is 1. The Bertz CT molecular complexity index is 954. The van der Waals surface area contributed by atoms with Gasteiger partial charge in [-0.05, 0) is 36.3 Å². The van der Waals surface area contributed by atoms with Crippen LogP contribution in [0.3, 0.4) is 0 Å². The number of hydrogen-bond donors (Lipinski definition) is 2. The standard InChI is InChI=1S/C21H26N2O5S/c1-16-4-6-17(7-5-16)11-13-29(25,26)23-12-10-21(24)22-15-18-8-9-19(27-2)20(14-18)28-3/h4-9,11,13-14,23H,10,12,15H2,1-3H3,(H,22,24)/b13-11+. The van der Waals surface area contributed by atoms with Crippen molar-refractivity contribution < 1.29 is 22.7 Å². The lowest BCUT2D eigenvalue weighted by Gasteiger charge is -2.10. The van der Waals surface area contributed by atoms with Gasteiger partial charge in [-0.1, -0.05) is 35.9 Å². The van der Waals surface area contributed by atoms with Gasteiger partial charge in [0.2, 0.25) is 15.9 Å². The number of carbonyl (C=O) groups excluding carboxylic acids is 1. The zero-order valence-corrected chi connectivity index (χ0v) is 17.6. The molecule has 0 unspecified atom stereocenters. The Kier molecular flexibility index (Phi) is 8.23. The highest BCUT2D eigenvalue weighted by Crippen LogP contribution is 2.27. The van der Waals surface area contributed by atoms with Gasteiger partial charge in [-0.2, -0.15) is 0 Å². The van der Waals surface area contributed by atoms with Gasteiger partial charge in [0.15, 0.2) is 11.5 Å². The van der Waals surface area contributed by atoms with Crippen molar-refractivity contribution in [2.45, 2.75) is 19.9 Å². The van der Waals surface area contributed by atoms with E-state index in [0.29, 0.717) is 18.0 Å². The lowest BCUT2D eigenvalue weighted by molar-refractivity contribution is -0.121. The van der Waals surface area contributed by atoms with Crippen LogP contribution >= 0.6 is 0 Å². The Labute approximate surface area is 171 Å². The fraction of sp³-hybridized carbons (Fsp3) is 0.286. The first kappa shape index (κ1) is 22.4. The van der Waals surface area contributed by atoms with E-state index in [2.05, 4.69) is 10.0 Å². The van der Waals surface area contributed by atoms with Crippen molar-refractivity contribution in [1.82, 2.24) is 10.0 Å². The Morgan fingerprint density at radius 2 is 1.72 bits per heavy atom. The molecule has 0 aliphatic carbocycles. The molecule has 0 spiro atoms. The van der Waals surface area contributed by atoms with E-state index in [-0.39, 0.29) is 18.9 Å². The lowest BCUT2D eigenvalue weighted by Crippen LogP contribution is -2.29. The highest BCUT2D eigenvalue weighted by Gasteiger charge is 2.09. The van der Waals surface area contributed by atoms with Crippen LogP contribution in [0.1, 0.15) is 23.1 Å². The summed E-state index contributed by atoms with van der Waals surface area (Å²) in [5, 5.41) is 3.85. The number of rotatable bonds is 10. The minimum atomic E-state index is -3.61. The highest BCUT2D eigenvalue weighted by atomic mass is 32.2. The molecule has 29 heavy (non-hydrogen) atoms. The van der Waals surface area contributed by atoms with Crippen LogP contribution in [0.25, 0.3) is 6.08 Å². The van der Waals surface area contributed by atoms with Gasteiger partial charge in [0.25, 0.3) is 0 Å². The molecular formula is C21H26N2O5S. The van der Waals surface area contributed by atoms with Gasteiger partial charge in [-0.25, -0.2) is 13.1 Å². The van der Waals surface area contributed by atoms with Crippen molar-refractivity contribution >= 4 is 22.0 Å². The summed E-state index contributed by atoms with van der Waals surface area (Å²) >= 11 is 0. The SMILES string of the molecule is COc1ccc(CNC(=O)CCNS(=O)(=O)/C=C/c2ccc(C)cc2)cc1OC. The zero-order chi connectivity index (χ0) is 21.3. The highest BCUT2D eigenvalue weighted by molar-refractivity contribution is 7.92. The largest absolute Gasteiger partial charge is 0.493 e. The molecule has 0 fully saturated rings. The van der Waals surface area contributed by atoms with Crippen LogP contribution in [0.4, 0.5) is 0 Å². The van der Waals surface area contributed by atoms with E-state index in [0.717, 1.165) is 22.1 Å². The average molecular weight is 419 g/mol. The summed E-state index contributed by atoms with van der Waals surface area (Å²) < 4.78 is 36.8. The van der Waals surface area contributed by atoms with Gasteiger partial charge >= 0.3 is 0 Å². The molecule has 8 heteroatoms. The van der Waals surface area contributed by atoms with Crippen LogP contribution in [0, 0.1) is 6.92 Å². The second-order valence-corrected chi connectivity index (χ2v) is 8.02. The molecule has 0 atom stereocenters. The number of sulfonamides is 1. The number of ether oxygens (including phenoxy) is 2. The van der Waals surface area contributed by atoms with Crippen LogP contribution in [-0.2, 0) is 21.4 Å². The average Bonchev–Trinajstić information content (AvgIpc) is 2.71. The van der Waals surface area contributed by atoms with E-state index in [1.807, 2.05) is 37.3 Å². The van der Waals surface area contributed by atoms with E-state index >= 15 is 0 Å². The number of benzene rings is 2. The third-order valence-corrected chi connectivity index (χ3v) is 5.21. The minimum Gasteiger partial charge on any atom is -0.493 e. The van der Waals surface area contributed by atoms with E-state index in [1.165, 1.54) is 6.08 Å². The van der Waals surface area contributed by atoms with Gasteiger partial charge < -0.3 is 14.8 Å². The second-order valence-electron chi connectivity index (χ2n) is 6.37. The minimum absolute atomic E-state index is 0.0122. The summed E-state index contributed by atoms with van der Waals surface area (Å²) in [6.07, 6.45) is 1.55. The Balaban J connectivity index is 1.78. The van der Waals surface area contributed by atoms with Crippen molar-refractivity contribution in [3.63, 3.8) is 0 Å². The van der Waals surface area contributed by atoms with Crippen LogP contribution in [0.2, 0.25) is 0 Å². The molecule has 2 N–H and O–H groups in total. The molecule has 0 aliphatic heterocycles.